The van der Waals surface area contributed by atoms with E-state index >= 15 is 0 Å². The van der Waals surface area contributed by atoms with Gasteiger partial charge in [0.2, 0.25) is 0 Å². The van der Waals surface area contributed by atoms with Crippen molar-refractivity contribution in [1.82, 2.24) is 0 Å². The van der Waals surface area contributed by atoms with E-state index in [4.69, 9.17) is 6.42 Å². The van der Waals surface area contributed by atoms with E-state index in [1.807, 2.05) is 5.92 Å². The number of nitrogens with one attached hydrogen (secondary N) is 1. The molecule has 0 amide bonds. The molecule has 0 heterocycles. The molecule has 0 fully saturated rings. The van der Waals surface area contributed by atoms with Crippen molar-refractivity contribution in [1.29, 1.82) is 0 Å². The van der Waals surface area contributed by atoms with Crippen LogP contribution in [0.5, 0.6) is 0 Å². The molecule has 0 aromatic heterocycles. The van der Waals surface area contributed by atoms with Gasteiger partial charge >= 0.3 is 10.3 Å². The Hall–Kier alpha value is -0.610. The van der Waals surface area contributed by atoms with Gasteiger partial charge in [-0.2, -0.15) is 0 Å². The topological polar surface area (TPSA) is 70.9 Å². The standard InChI is InChI=1S/C6H11NO4S/c1-3-5-7(8)12(9,10)11-6-4-2/h1,7H,4-6H2,2H3. The molecule has 0 aliphatic rings. The zero-order chi connectivity index (χ0) is 9.61. The first-order valence-corrected chi connectivity index (χ1v) is 4.81. The van der Waals surface area contributed by atoms with Crippen molar-refractivity contribution in [3.05, 3.63) is 5.21 Å². The molecule has 70 valence electrons. The summed E-state index contributed by atoms with van der Waals surface area (Å²) >= 11 is 0. The second-order valence-corrected chi connectivity index (χ2v) is 3.63. The van der Waals surface area contributed by atoms with E-state index in [9.17, 15) is 13.6 Å². The third kappa shape index (κ3) is 3.69. The SMILES string of the molecule is C#CC[NH+]([O-])S(=O)(=O)OCCC. The number of quaternary nitrogens is 1. The van der Waals surface area contributed by atoms with Crippen molar-refractivity contribution in [2.75, 3.05) is 13.2 Å². The highest BCUT2D eigenvalue weighted by Crippen LogP contribution is 1.84. The van der Waals surface area contributed by atoms with E-state index in [0.717, 1.165) is 0 Å². The van der Waals surface area contributed by atoms with E-state index in [-0.39, 0.29) is 6.61 Å². The van der Waals surface area contributed by atoms with Crippen LogP contribution in [0.25, 0.3) is 0 Å². The number of hydroxylamine groups is 1. The largest absolute Gasteiger partial charge is 0.616 e. The second-order valence-electron chi connectivity index (χ2n) is 2.03. The van der Waals surface area contributed by atoms with E-state index in [0.29, 0.717) is 6.42 Å². The maximum absolute atomic E-state index is 10.8. The summed E-state index contributed by atoms with van der Waals surface area (Å²) in [5, 5.41) is 10.7. The fourth-order valence-corrected chi connectivity index (χ4v) is 1.21. The zero-order valence-electron chi connectivity index (χ0n) is 6.74. The lowest BCUT2D eigenvalue weighted by Gasteiger charge is -2.17. The van der Waals surface area contributed by atoms with E-state index < -0.39 is 21.3 Å². The lowest BCUT2D eigenvalue weighted by molar-refractivity contribution is -0.703. The molecule has 0 spiro atoms. The van der Waals surface area contributed by atoms with E-state index in [2.05, 4.69) is 4.18 Å². The van der Waals surface area contributed by atoms with Crippen LogP contribution in [0.3, 0.4) is 0 Å². The van der Waals surface area contributed by atoms with Crippen LogP contribution < -0.4 is 4.47 Å². The van der Waals surface area contributed by atoms with Gasteiger partial charge in [-0.3, -0.25) is 0 Å². The Balaban J connectivity index is 4.12. The molecule has 0 aromatic carbocycles. The van der Waals surface area contributed by atoms with Gasteiger partial charge in [0.15, 0.2) is 6.54 Å². The number of rotatable bonds is 5. The predicted octanol–water partition coefficient (Wildman–Crippen LogP) is -1.33. The molecule has 0 aliphatic heterocycles. The van der Waals surface area contributed by atoms with Crippen LogP contribution >= 0.6 is 0 Å². The summed E-state index contributed by atoms with van der Waals surface area (Å²) in [6.45, 7) is 1.31. The maximum atomic E-state index is 10.8. The molecule has 1 N–H and O–H groups in total. The Morgan fingerprint density at radius 1 is 1.67 bits per heavy atom. The molecule has 0 radical (unpaired) electrons. The minimum Gasteiger partial charge on any atom is -0.616 e. The van der Waals surface area contributed by atoms with Gasteiger partial charge in [-0.15, -0.1) is 14.8 Å². The van der Waals surface area contributed by atoms with Crippen molar-refractivity contribution in [3.63, 3.8) is 0 Å². The molecule has 0 saturated heterocycles. The first kappa shape index (κ1) is 11.4. The molecule has 12 heavy (non-hydrogen) atoms. The fraction of sp³-hybridized carbons (Fsp3) is 0.667. The minimum absolute atomic E-state index is 0.0125. The normalized spacial score (nSPS) is 13.8. The van der Waals surface area contributed by atoms with Crippen LogP contribution in [0.1, 0.15) is 13.3 Å². The number of hydrogen-bond donors (Lipinski definition) is 1. The second kappa shape index (κ2) is 5.11. The Morgan fingerprint density at radius 3 is 2.67 bits per heavy atom. The Kier molecular flexibility index (Phi) is 4.85. The van der Waals surface area contributed by atoms with Gasteiger partial charge < -0.3 is 5.21 Å². The average Bonchev–Trinajstić information content (AvgIpc) is 2.01. The van der Waals surface area contributed by atoms with Crippen molar-refractivity contribution >= 4 is 10.3 Å². The molecule has 0 aliphatic carbocycles. The van der Waals surface area contributed by atoms with Crippen molar-refractivity contribution in [3.8, 4) is 12.3 Å². The van der Waals surface area contributed by atoms with Crippen LogP contribution in [-0.4, -0.2) is 21.6 Å². The van der Waals surface area contributed by atoms with Gasteiger partial charge in [-0.1, -0.05) is 6.92 Å². The molecule has 0 aromatic rings. The van der Waals surface area contributed by atoms with Gasteiger partial charge in [0.1, 0.15) is 0 Å². The summed E-state index contributed by atoms with van der Waals surface area (Å²) in [5.74, 6) is 1.94. The Bertz CT molecular complexity index is 253. The molecule has 1 unspecified atom stereocenters. The van der Waals surface area contributed by atoms with Crippen molar-refractivity contribution in [2.24, 2.45) is 0 Å². The highest BCUT2D eigenvalue weighted by atomic mass is 32.2. The van der Waals surface area contributed by atoms with E-state index in [1.165, 1.54) is 0 Å². The van der Waals surface area contributed by atoms with Gasteiger partial charge in [-0.25, -0.2) is 8.65 Å². The quantitative estimate of drug-likeness (QED) is 0.434. The first-order chi connectivity index (χ1) is 5.54. The predicted molar refractivity (Wildman–Crippen MR) is 43.2 cm³/mol. The molecule has 0 rings (SSSR count). The highest BCUT2D eigenvalue weighted by molar-refractivity contribution is 7.80. The number of hydrogen-bond acceptors (Lipinski definition) is 4. The molecular weight excluding hydrogens is 182 g/mol. The van der Waals surface area contributed by atoms with Crippen molar-refractivity contribution < 1.29 is 17.1 Å². The molecule has 0 bridgehead atoms. The summed E-state index contributed by atoms with van der Waals surface area (Å²) in [4.78, 5) is 0. The third-order valence-corrected chi connectivity index (χ3v) is 2.15. The summed E-state index contributed by atoms with van der Waals surface area (Å²) in [6.07, 6.45) is 5.29. The summed E-state index contributed by atoms with van der Waals surface area (Å²) in [5.41, 5.74) is 0. The first-order valence-electron chi connectivity index (χ1n) is 3.40. The van der Waals surface area contributed by atoms with E-state index in [1.54, 1.807) is 6.92 Å². The van der Waals surface area contributed by atoms with Gasteiger partial charge in [0.25, 0.3) is 0 Å². The Morgan fingerprint density at radius 2 is 2.25 bits per heavy atom. The van der Waals surface area contributed by atoms with Gasteiger partial charge in [0.05, 0.1) is 6.61 Å². The molecule has 6 heteroatoms. The van der Waals surface area contributed by atoms with Crippen LogP contribution in [0.2, 0.25) is 0 Å². The highest BCUT2D eigenvalue weighted by Gasteiger charge is 2.17. The van der Waals surface area contributed by atoms with Crippen LogP contribution in [0.4, 0.5) is 0 Å². The number of terminal acetylenes is 1. The van der Waals surface area contributed by atoms with Crippen molar-refractivity contribution in [2.45, 2.75) is 13.3 Å². The molecular formula is C6H11NO4S. The zero-order valence-corrected chi connectivity index (χ0v) is 7.56. The maximum Gasteiger partial charge on any atom is 0.434 e. The summed E-state index contributed by atoms with van der Waals surface area (Å²) in [7, 11) is -4.07. The molecule has 5 nitrogen and oxygen atoms in total. The summed E-state index contributed by atoms with van der Waals surface area (Å²) in [6, 6.07) is 0. The summed E-state index contributed by atoms with van der Waals surface area (Å²) < 4.78 is 24.9. The Labute approximate surface area is 72.2 Å². The van der Waals surface area contributed by atoms with Crippen LogP contribution in [0, 0.1) is 17.6 Å². The van der Waals surface area contributed by atoms with Crippen LogP contribution in [-0.2, 0) is 14.5 Å². The minimum atomic E-state index is -4.07. The van der Waals surface area contributed by atoms with Gasteiger partial charge in [0, 0.05) is 0 Å². The average molecular weight is 193 g/mol. The smallest absolute Gasteiger partial charge is 0.434 e. The molecule has 0 saturated carbocycles. The lowest BCUT2D eigenvalue weighted by atomic mass is 10.5. The van der Waals surface area contributed by atoms with Gasteiger partial charge in [-0.05, 0) is 12.3 Å². The molecule has 1 atom stereocenters. The van der Waals surface area contributed by atoms with Crippen LogP contribution in [0.15, 0.2) is 0 Å². The lowest BCUT2D eigenvalue weighted by Crippen LogP contribution is -3.09. The fourth-order valence-electron chi connectivity index (χ4n) is 0.430. The third-order valence-electron chi connectivity index (χ3n) is 0.968. The monoisotopic (exact) mass is 193 g/mol.